The van der Waals surface area contributed by atoms with Crippen LogP contribution in [-0.4, -0.2) is 29.4 Å². The number of carbonyl (C=O) groups is 1. The van der Waals surface area contributed by atoms with Crippen molar-refractivity contribution in [1.29, 1.82) is 0 Å². The first-order valence-corrected chi connectivity index (χ1v) is 6.11. The van der Waals surface area contributed by atoms with Gasteiger partial charge in [-0.2, -0.15) is 5.10 Å². The van der Waals surface area contributed by atoms with E-state index in [9.17, 15) is 4.79 Å². The van der Waals surface area contributed by atoms with Crippen LogP contribution in [0.4, 0.5) is 0 Å². The van der Waals surface area contributed by atoms with Gasteiger partial charge in [-0.3, -0.25) is 9.48 Å². The predicted molar refractivity (Wildman–Crippen MR) is 70.0 cm³/mol. The maximum atomic E-state index is 11.8. The molecule has 18 heavy (non-hydrogen) atoms. The Labute approximate surface area is 109 Å². The van der Waals surface area contributed by atoms with Crippen LogP contribution in [0, 0.1) is 5.41 Å². The molecule has 1 atom stereocenters. The Kier molecular flexibility index (Phi) is 4.90. The molecule has 1 rings (SSSR count). The second kappa shape index (κ2) is 6.00. The monoisotopic (exact) mass is 253 g/mol. The van der Waals surface area contributed by atoms with Crippen LogP contribution < -0.4 is 5.32 Å². The molecule has 0 aliphatic carbocycles. The largest absolute Gasteiger partial charge is 0.384 e. The van der Waals surface area contributed by atoms with Crippen LogP contribution in [0.25, 0.3) is 0 Å². The molecule has 0 fully saturated rings. The van der Waals surface area contributed by atoms with E-state index >= 15 is 0 Å². The van der Waals surface area contributed by atoms with Crippen LogP contribution in [0.15, 0.2) is 12.4 Å². The van der Waals surface area contributed by atoms with Crippen LogP contribution in [0.2, 0.25) is 0 Å². The highest BCUT2D eigenvalue weighted by atomic mass is 16.5. The van der Waals surface area contributed by atoms with Gasteiger partial charge in [-0.05, 0) is 5.41 Å². The topological polar surface area (TPSA) is 56.1 Å². The molecular weight excluding hydrogens is 230 g/mol. The lowest BCUT2D eigenvalue weighted by Gasteiger charge is -2.30. The van der Waals surface area contributed by atoms with E-state index in [1.165, 1.54) is 0 Å². The number of carbonyl (C=O) groups excluding carboxylic acids is 1. The molecule has 0 aliphatic heterocycles. The number of methoxy groups -OCH3 is 1. The zero-order valence-corrected chi connectivity index (χ0v) is 11.9. The first-order valence-electron chi connectivity index (χ1n) is 6.11. The molecule has 5 nitrogen and oxygen atoms in total. The van der Waals surface area contributed by atoms with Crippen LogP contribution in [0.5, 0.6) is 0 Å². The van der Waals surface area contributed by atoms with Gasteiger partial charge in [0.2, 0.25) is 5.91 Å². The molecule has 1 aromatic rings. The molecule has 0 radical (unpaired) electrons. The molecule has 102 valence electrons. The molecule has 0 saturated carbocycles. The third-order valence-corrected chi connectivity index (χ3v) is 2.76. The van der Waals surface area contributed by atoms with Gasteiger partial charge in [0.25, 0.3) is 0 Å². The van der Waals surface area contributed by atoms with E-state index in [1.54, 1.807) is 18.0 Å². The maximum absolute atomic E-state index is 11.8. The lowest BCUT2D eigenvalue weighted by Crippen LogP contribution is -2.36. The molecular formula is C13H23N3O2. The number of aryl methyl sites for hydroxylation is 1. The highest BCUT2D eigenvalue weighted by Gasteiger charge is 2.28. The van der Waals surface area contributed by atoms with Crippen LogP contribution in [0.3, 0.4) is 0 Å². The minimum atomic E-state index is -0.0637. The number of hydrogen-bond acceptors (Lipinski definition) is 3. The number of ether oxygens (including phenoxy) is 1. The van der Waals surface area contributed by atoms with Gasteiger partial charge in [0.15, 0.2) is 0 Å². The fourth-order valence-electron chi connectivity index (χ4n) is 1.82. The fraction of sp³-hybridized carbons (Fsp3) is 0.692. The Bertz CT molecular complexity index is 393. The quantitative estimate of drug-likeness (QED) is 0.868. The second-order valence-corrected chi connectivity index (χ2v) is 5.56. The molecule has 0 bridgehead atoms. The highest BCUT2D eigenvalue weighted by molar-refractivity contribution is 5.76. The molecule has 0 aromatic carbocycles. The number of aromatic nitrogens is 2. The van der Waals surface area contributed by atoms with Crippen LogP contribution in [-0.2, 0) is 16.6 Å². The Balaban J connectivity index is 2.78. The summed E-state index contributed by atoms with van der Waals surface area (Å²) in [6, 6.07) is -0.0458. The standard InChI is InChI=1S/C13H23N3O2/c1-13(2,3)12(10-8-14-16(4)9-10)15-11(17)6-7-18-5/h8-9,12H,6-7H2,1-5H3,(H,15,17)/t12-/m0/s1. The van der Waals surface area contributed by atoms with Gasteiger partial charge in [0.1, 0.15) is 0 Å². The number of nitrogens with zero attached hydrogens (tertiary/aromatic N) is 2. The third-order valence-electron chi connectivity index (χ3n) is 2.76. The van der Waals surface area contributed by atoms with Crippen molar-refractivity contribution in [1.82, 2.24) is 15.1 Å². The summed E-state index contributed by atoms with van der Waals surface area (Å²) >= 11 is 0. The Morgan fingerprint density at radius 1 is 1.56 bits per heavy atom. The fourth-order valence-corrected chi connectivity index (χ4v) is 1.82. The normalized spacial score (nSPS) is 13.4. The van der Waals surface area contributed by atoms with Gasteiger partial charge in [-0.25, -0.2) is 0 Å². The summed E-state index contributed by atoms with van der Waals surface area (Å²) in [4.78, 5) is 11.8. The van der Waals surface area contributed by atoms with E-state index < -0.39 is 0 Å². The number of rotatable bonds is 5. The molecule has 0 saturated heterocycles. The van der Waals surface area contributed by atoms with Gasteiger partial charge in [0.05, 0.1) is 18.8 Å². The lowest BCUT2D eigenvalue weighted by atomic mass is 9.83. The summed E-state index contributed by atoms with van der Waals surface area (Å²) in [5, 5.41) is 7.21. The van der Waals surface area contributed by atoms with E-state index in [4.69, 9.17) is 4.74 Å². The minimum absolute atomic E-state index is 0.000582. The third kappa shape index (κ3) is 4.14. The van der Waals surface area contributed by atoms with Gasteiger partial charge in [-0.1, -0.05) is 20.8 Å². The zero-order chi connectivity index (χ0) is 13.8. The van der Waals surface area contributed by atoms with Crippen molar-refractivity contribution in [2.45, 2.75) is 33.2 Å². The van der Waals surface area contributed by atoms with Crippen molar-refractivity contribution in [3.8, 4) is 0 Å². The minimum Gasteiger partial charge on any atom is -0.384 e. The van der Waals surface area contributed by atoms with Crippen LogP contribution in [0.1, 0.15) is 38.8 Å². The van der Waals surface area contributed by atoms with E-state index in [0.717, 1.165) is 5.56 Å². The molecule has 1 amide bonds. The van der Waals surface area contributed by atoms with Crippen molar-refractivity contribution >= 4 is 5.91 Å². The average molecular weight is 253 g/mol. The van der Waals surface area contributed by atoms with E-state index in [1.807, 2.05) is 13.2 Å². The summed E-state index contributed by atoms with van der Waals surface area (Å²) < 4.78 is 6.66. The Hall–Kier alpha value is -1.36. The van der Waals surface area contributed by atoms with E-state index in [0.29, 0.717) is 13.0 Å². The van der Waals surface area contributed by atoms with Crippen molar-refractivity contribution in [3.63, 3.8) is 0 Å². The molecule has 0 unspecified atom stereocenters. The summed E-state index contributed by atoms with van der Waals surface area (Å²) in [5.41, 5.74) is 0.960. The second-order valence-electron chi connectivity index (χ2n) is 5.56. The lowest BCUT2D eigenvalue weighted by molar-refractivity contribution is -0.123. The highest BCUT2D eigenvalue weighted by Crippen LogP contribution is 2.32. The Morgan fingerprint density at radius 2 is 2.22 bits per heavy atom. The van der Waals surface area contributed by atoms with Gasteiger partial charge >= 0.3 is 0 Å². The molecule has 1 heterocycles. The van der Waals surface area contributed by atoms with Crippen molar-refractivity contribution < 1.29 is 9.53 Å². The summed E-state index contributed by atoms with van der Waals surface area (Å²) in [6.45, 7) is 6.74. The molecule has 0 aliphatic rings. The van der Waals surface area contributed by atoms with E-state index in [2.05, 4.69) is 31.2 Å². The predicted octanol–water partition coefficient (Wildman–Crippen LogP) is 1.66. The summed E-state index contributed by atoms with van der Waals surface area (Å²) in [6.07, 6.45) is 4.11. The van der Waals surface area contributed by atoms with Crippen molar-refractivity contribution in [3.05, 3.63) is 18.0 Å². The van der Waals surface area contributed by atoms with Gasteiger partial charge in [0, 0.05) is 32.3 Å². The smallest absolute Gasteiger partial charge is 0.222 e. The average Bonchev–Trinajstić information content (AvgIpc) is 2.68. The van der Waals surface area contributed by atoms with Crippen LogP contribution >= 0.6 is 0 Å². The van der Waals surface area contributed by atoms with Crippen molar-refractivity contribution in [2.24, 2.45) is 12.5 Å². The van der Waals surface area contributed by atoms with E-state index in [-0.39, 0.29) is 17.4 Å². The maximum Gasteiger partial charge on any atom is 0.222 e. The molecule has 1 N–H and O–H groups in total. The first-order chi connectivity index (χ1) is 8.34. The van der Waals surface area contributed by atoms with Gasteiger partial charge in [-0.15, -0.1) is 0 Å². The summed E-state index contributed by atoms with van der Waals surface area (Å²) in [5.74, 6) is 0.000582. The summed E-state index contributed by atoms with van der Waals surface area (Å²) in [7, 11) is 3.46. The number of nitrogens with one attached hydrogen (secondary N) is 1. The molecule has 1 aromatic heterocycles. The zero-order valence-electron chi connectivity index (χ0n) is 11.9. The Morgan fingerprint density at radius 3 is 2.67 bits per heavy atom. The molecule has 0 spiro atoms. The molecule has 5 heteroatoms. The first kappa shape index (κ1) is 14.7. The number of hydrogen-bond donors (Lipinski definition) is 1. The van der Waals surface area contributed by atoms with Gasteiger partial charge < -0.3 is 10.1 Å². The number of amides is 1. The van der Waals surface area contributed by atoms with Crippen molar-refractivity contribution in [2.75, 3.05) is 13.7 Å². The SMILES string of the molecule is COCCC(=O)N[C@@H](c1cnn(C)c1)C(C)(C)C.